The fourth-order valence-electron chi connectivity index (χ4n) is 4.00. The van der Waals surface area contributed by atoms with Crippen molar-refractivity contribution >= 4 is 34.2 Å². The summed E-state index contributed by atoms with van der Waals surface area (Å²) < 4.78 is 2.26. The highest BCUT2D eigenvalue weighted by molar-refractivity contribution is 6.30. The van der Waals surface area contributed by atoms with E-state index in [1.165, 1.54) is 40.9 Å². The van der Waals surface area contributed by atoms with Crippen molar-refractivity contribution in [2.24, 2.45) is 7.05 Å². The van der Waals surface area contributed by atoms with E-state index in [-0.39, 0.29) is 5.92 Å². The van der Waals surface area contributed by atoms with Gasteiger partial charge in [-0.3, -0.25) is 0 Å². The SMILES string of the molecule is Cn1c(C2CC2)nc2ccc(C(c3ccc(Cl)cc3)c3ccc(Cl)cc3)cc21. The second-order valence-electron chi connectivity index (χ2n) is 7.59. The third kappa shape index (κ3) is 3.21. The predicted octanol–water partition coefficient (Wildman–Crippen LogP) is 6.94. The van der Waals surface area contributed by atoms with Crippen LogP contribution in [0.4, 0.5) is 0 Å². The van der Waals surface area contributed by atoms with Gasteiger partial charge in [0.05, 0.1) is 11.0 Å². The first-order chi connectivity index (χ1) is 13.6. The average molecular weight is 407 g/mol. The number of aryl methyl sites for hydroxylation is 1. The Labute approximate surface area is 174 Å². The molecule has 0 spiro atoms. The highest BCUT2D eigenvalue weighted by Crippen LogP contribution is 2.41. The van der Waals surface area contributed by atoms with Gasteiger partial charge in [-0.05, 0) is 65.9 Å². The highest BCUT2D eigenvalue weighted by Gasteiger charge is 2.29. The second-order valence-corrected chi connectivity index (χ2v) is 8.46. The molecule has 1 aromatic heterocycles. The largest absolute Gasteiger partial charge is 0.331 e. The van der Waals surface area contributed by atoms with Crippen molar-refractivity contribution in [3.05, 3.63) is 99.3 Å². The average Bonchev–Trinajstić information content (AvgIpc) is 3.49. The van der Waals surface area contributed by atoms with Crippen LogP contribution in [0.15, 0.2) is 66.7 Å². The zero-order valence-electron chi connectivity index (χ0n) is 15.6. The maximum Gasteiger partial charge on any atom is 0.112 e. The number of hydrogen-bond acceptors (Lipinski definition) is 1. The van der Waals surface area contributed by atoms with Gasteiger partial charge in [0.15, 0.2) is 0 Å². The fraction of sp³-hybridized carbons (Fsp3) is 0.208. The lowest BCUT2D eigenvalue weighted by molar-refractivity contribution is 0.819. The van der Waals surface area contributed by atoms with Crippen LogP contribution in [0.25, 0.3) is 11.0 Å². The highest BCUT2D eigenvalue weighted by atomic mass is 35.5. The van der Waals surface area contributed by atoms with Crippen LogP contribution in [-0.2, 0) is 7.05 Å². The number of benzene rings is 3. The standard InChI is InChI=1S/C24H20Cl2N2/c1-28-22-14-18(8-13-21(22)27-24(28)17-2-3-17)23(15-4-9-19(25)10-5-15)16-6-11-20(26)12-7-16/h4-14,17,23H,2-3H2,1H3. The van der Waals surface area contributed by atoms with Crippen LogP contribution in [0.3, 0.4) is 0 Å². The van der Waals surface area contributed by atoms with Gasteiger partial charge in [0.25, 0.3) is 0 Å². The van der Waals surface area contributed by atoms with Crippen LogP contribution in [0.5, 0.6) is 0 Å². The summed E-state index contributed by atoms with van der Waals surface area (Å²) in [5.74, 6) is 1.95. The molecule has 1 heterocycles. The van der Waals surface area contributed by atoms with Gasteiger partial charge in [-0.2, -0.15) is 0 Å². The number of rotatable bonds is 4. The van der Waals surface area contributed by atoms with E-state index in [2.05, 4.69) is 54.1 Å². The molecule has 1 saturated carbocycles. The number of nitrogens with zero attached hydrogens (tertiary/aromatic N) is 2. The molecule has 0 unspecified atom stereocenters. The smallest absolute Gasteiger partial charge is 0.112 e. The zero-order chi connectivity index (χ0) is 19.3. The van der Waals surface area contributed by atoms with E-state index in [9.17, 15) is 0 Å². The molecule has 0 saturated heterocycles. The van der Waals surface area contributed by atoms with Gasteiger partial charge in [0, 0.05) is 28.9 Å². The summed E-state index contributed by atoms with van der Waals surface area (Å²) in [7, 11) is 2.13. The van der Waals surface area contributed by atoms with Crippen molar-refractivity contribution in [2.75, 3.05) is 0 Å². The van der Waals surface area contributed by atoms with Crippen LogP contribution in [0.1, 0.15) is 47.2 Å². The summed E-state index contributed by atoms with van der Waals surface area (Å²) in [6.07, 6.45) is 2.50. The minimum absolute atomic E-state index is 0.109. The van der Waals surface area contributed by atoms with E-state index in [0.717, 1.165) is 15.6 Å². The van der Waals surface area contributed by atoms with Crippen LogP contribution in [-0.4, -0.2) is 9.55 Å². The van der Waals surface area contributed by atoms with Crippen molar-refractivity contribution < 1.29 is 0 Å². The molecular weight excluding hydrogens is 387 g/mol. The first kappa shape index (κ1) is 17.8. The quantitative estimate of drug-likeness (QED) is 0.335. The summed E-state index contributed by atoms with van der Waals surface area (Å²) in [4.78, 5) is 4.87. The number of fused-ring (bicyclic) bond motifs is 1. The van der Waals surface area contributed by atoms with E-state index in [1.54, 1.807) is 0 Å². The Morgan fingerprint density at radius 2 is 1.36 bits per heavy atom. The molecule has 0 radical (unpaired) electrons. The Hall–Kier alpha value is -2.29. The molecule has 0 amide bonds. The molecule has 0 aliphatic heterocycles. The summed E-state index contributed by atoms with van der Waals surface area (Å²) in [5, 5.41) is 1.49. The third-order valence-electron chi connectivity index (χ3n) is 5.62. The van der Waals surface area contributed by atoms with Gasteiger partial charge in [-0.1, -0.05) is 53.5 Å². The third-order valence-corrected chi connectivity index (χ3v) is 6.13. The minimum atomic E-state index is 0.109. The Kier molecular flexibility index (Phi) is 4.41. The maximum absolute atomic E-state index is 6.14. The van der Waals surface area contributed by atoms with Crippen LogP contribution >= 0.6 is 23.2 Å². The van der Waals surface area contributed by atoms with Crippen molar-refractivity contribution in [2.45, 2.75) is 24.7 Å². The fourth-order valence-corrected chi connectivity index (χ4v) is 4.25. The molecule has 3 aromatic carbocycles. The van der Waals surface area contributed by atoms with E-state index < -0.39 is 0 Å². The molecule has 0 N–H and O–H groups in total. The number of imidazole rings is 1. The Morgan fingerprint density at radius 3 is 1.89 bits per heavy atom. The first-order valence-corrected chi connectivity index (χ1v) is 10.3. The molecule has 4 aromatic rings. The first-order valence-electron chi connectivity index (χ1n) is 9.57. The molecule has 4 heteroatoms. The van der Waals surface area contributed by atoms with Gasteiger partial charge in [0.2, 0.25) is 0 Å². The lowest BCUT2D eigenvalue weighted by atomic mass is 9.85. The molecule has 28 heavy (non-hydrogen) atoms. The van der Waals surface area contributed by atoms with E-state index in [4.69, 9.17) is 28.2 Å². The molecular formula is C24H20Cl2N2. The van der Waals surface area contributed by atoms with Gasteiger partial charge in [0.1, 0.15) is 5.82 Å². The summed E-state index contributed by atoms with van der Waals surface area (Å²) in [6.45, 7) is 0. The van der Waals surface area contributed by atoms with Gasteiger partial charge in [-0.15, -0.1) is 0 Å². The molecule has 1 aliphatic rings. The van der Waals surface area contributed by atoms with Crippen LogP contribution in [0.2, 0.25) is 10.0 Å². The van der Waals surface area contributed by atoms with Gasteiger partial charge < -0.3 is 4.57 Å². The Balaban J connectivity index is 1.66. The van der Waals surface area contributed by atoms with Crippen molar-refractivity contribution in [3.63, 3.8) is 0 Å². The van der Waals surface area contributed by atoms with Crippen molar-refractivity contribution in [3.8, 4) is 0 Å². The van der Waals surface area contributed by atoms with Crippen LogP contribution in [0, 0.1) is 0 Å². The molecule has 2 nitrogen and oxygen atoms in total. The van der Waals surface area contributed by atoms with E-state index >= 15 is 0 Å². The lowest BCUT2D eigenvalue weighted by Gasteiger charge is -2.19. The number of halogens is 2. The molecule has 0 bridgehead atoms. The van der Waals surface area contributed by atoms with Gasteiger partial charge >= 0.3 is 0 Å². The number of hydrogen-bond donors (Lipinski definition) is 0. The molecule has 0 atom stereocenters. The van der Waals surface area contributed by atoms with Gasteiger partial charge in [-0.25, -0.2) is 4.98 Å². The van der Waals surface area contributed by atoms with Crippen molar-refractivity contribution in [1.82, 2.24) is 9.55 Å². The minimum Gasteiger partial charge on any atom is -0.331 e. The summed E-state index contributed by atoms with van der Waals surface area (Å²) in [6, 6.07) is 22.8. The zero-order valence-corrected chi connectivity index (χ0v) is 17.1. The van der Waals surface area contributed by atoms with Crippen molar-refractivity contribution in [1.29, 1.82) is 0 Å². The van der Waals surface area contributed by atoms with E-state index in [1.807, 2.05) is 24.3 Å². The molecule has 1 fully saturated rings. The topological polar surface area (TPSA) is 17.8 Å². The summed E-state index contributed by atoms with van der Waals surface area (Å²) >= 11 is 12.3. The van der Waals surface area contributed by atoms with Crippen LogP contribution < -0.4 is 0 Å². The maximum atomic E-state index is 6.14. The lowest BCUT2D eigenvalue weighted by Crippen LogP contribution is -2.04. The molecule has 5 rings (SSSR count). The normalized spacial score (nSPS) is 14.1. The molecule has 140 valence electrons. The number of aromatic nitrogens is 2. The Bertz CT molecular complexity index is 1090. The molecule has 1 aliphatic carbocycles. The summed E-state index contributed by atoms with van der Waals surface area (Å²) in [5.41, 5.74) is 5.90. The predicted molar refractivity (Wildman–Crippen MR) is 117 cm³/mol. The second kappa shape index (κ2) is 6.95. The Morgan fingerprint density at radius 1 is 0.821 bits per heavy atom. The monoisotopic (exact) mass is 406 g/mol. The van der Waals surface area contributed by atoms with E-state index in [0.29, 0.717) is 5.92 Å².